The third-order valence-corrected chi connectivity index (χ3v) is 3.87. The highest BCUT2D eigenvalue weighted by atomic mass is 32.1. The maximum absolute atomic E-state index is 12.1. The lowest BCUT2D eigenvalue weighted by atomic mass is 10.1. The molecule has 2 aromatic heterocycles. The highest BCUT2D eigenvalue weighted by Crippen LogP contribution is 2.18. The van der Waals surface area contributed by atoms with Gasteiger partial charge in [0.2, 0.25) is 11.0 Å². The Hall–Kier alpha value is -2.35. The van der Waals surface area contributed by atoms with Crippen LogP contribution >= 0.6 is 11.3 Å². The molecule has 0 aliphatic carbocycles. The molecule has 0 unspecified atom stereocenters. The van der Waals surface area contributed by atoms with E-state index in [-0.39, 0.29) is 12.5 Å². The van der Waals surface area contributed by atoms with Crippen LogP contribution in [0.1, 0.15) is 18.9 Å². The van der Waals surface area contributed by atoms with Crippen molar-refractivity contribution >= 4 is 33.4 Å². The number of rotatable bonds is 5. The second-order valence-electron chi connectivity index (χ2n) is 5.38. The van der Waals surface area contributed by atoms with Gasteiger partial charge in [0, 0.05) is 6.42 Å². The minimum absolute atomic E-state index is 0.0968. The second kappa shape index (κ2) is 6.18. The van der Waals surface area contributed by atoms with Gasteiger partial charge in [0.05, 0.1) is 5.52 Å². The van der Waals surface area contributed by atoms with Gasteiger partial charge < -0.3 is 0 Å². The molecule has 7 nitrogen and oxygen atoms in total. The predicted molar refractivity (Wildman–Crippen MR) is 84.6 cm³/mol. The van der Waals surface area contributed by atoms with Crippen molar-refractivity contribution in [3.8, 4) is 0 Å². The van der Waals surface area contributed by atoms with Crippen molar-refractivity contribution in [2.24, 2.45) is 5.92 Å². The van der Waals surface area contributed by atoms with Crippen LogP contribution in [0.25, 0.3) is 11.0 Å². The van der Waals surface area contributed by atoms with Crippen molar-refractivity contribution in [2.45, 2.75) is 26.8 Å². The minimum Gasteiger partial charge on any atom is -0.299 e. The zero-order valence-electron chi connectivity index (χ0n) is 12.4. The average Bonchev–Trinajstić information content (AvgIpc) is 3.06. The highest BCUT2D eigenvalue weighted by Gasteiger charge is 2.12. The molecule has 0 fully saturated rings. The fourth-order valence-electron chi connectivity index (χ4n) is 2.06. The smallest absolute Gasteiger partial charge is 0.248 e. The molecule has 22 heavy (non-hydrogen) atoms. The molecule has 0 bridgehead atoms. The summed E-state index contributed by atoms with van der Waals surface area (Å²) in [7, 11) is 0. The van der Waals surface area contributed by atoms with E-state index in [2.05, 4.69) is 39.7 Å². The van der Waals surface area contributed by atoms with Gasteiger partial charge in [-0.2, -0.15) is 0 Å². The molecule has 1 amide bonds. The largest absolute Gasteiger partial charge is 0.299 e. The standard InChI is InChI=1S/C14H16N6OS/c1-9(2)7-13-17-18-14(22-13)15-12(21)8-20-11-6-4-3-5-10(11)16-19-20/h3-6,9H,7-8H2,1-2H3,(H,15,18,21). The molecule has 0 saturated carbocycles. The van der Waals surface area contributed by atoms with Crippen LogP contribution in [0.3, 0.4) is 0 Å². The van der Waals surface area contributed by atoms with Gasteiger partial charge >= 0.3 is 0 Å². The number of fused-ring (bicyclic) bond motifs is 1. The van der Waals surface area contributed by atoms with E-state index < -0.39 is 0 Å². The first-order chi connectivity index (χ1) is 10.6. The summed E-state index contributed by atoms with van der Waals surface area (Å²) in [6.07, 6.45) is 0.862. The summed E-state index contributed by atoms with van der Waals surface area (Å²) in [6, 6.07) is 7.52. The summed E-state index contributed by atoms with van der Waals surface area (Å²) in [5, 5.41) is 20.3. The van der Waals surface area contributed by atoms with Gasteiger partial charge in [0.1, 0.15) is 17.1 Å². The van der Waals surface area contributed by atoms with E-state index in [4.69, 9.17) is 0 Å². The van der Waals surface area contributed by atoms with Crippen LogP contribution in [-0.4, -0.2) is 31.1 Å². The van der Waals surface area contributed by atoms with E-state index in [0.29, 0.717) is 11.0 Å². The number of amides is 1. The summed E-state index contributed by atoms with van der Waals surface area (Å²) < 4.78 is 1.57. The minimum atomic E-state index is -0.192. The Balaban J connectivity index is 1.66. The van der Waals surface area contributed by atoms with Crippen molar-refractivity contribution < 1.29 is 4.79 Å². The number of hydrogen-bond acceptors (Lipinski definition) is 6. The molecule has 2 heterocycles. The molecule has 0 aliphatic rings. The van der Waals surface area contributed by atoms with Crippen molar-refractivity contribution in [3.63, 3.8) is 0 Å². The number of carbonyl (C=O) groups is 1. The van der Waals surface area contributed by atoms with E-state index in [9.17, 15) is 4.79 Å². The summed E-state index contributed by atoms with van der Waals surface area (Å²) >= 11 is 1.41. The van der Waals surface area contributed by atoms with E-state index >= 15 is 0 Å². The number of benzene rings is 1. The van der Waals surface area contributed by atoms with E-state index in [1.807, 2.05) is 24.3 Å². The zero-order valence-corrected chi connectivity index (χ0v) is 13.2. The Morgan fingerprint density at radius 1 is 1.27 bits per heavy atom. The maximum atomic E-state index is 12.1. The molecular formula is C14H16N6OS. The first-order valence-electron chi connectivity index (χ1n) is 7.02. The van der Waals surface area contributed by atoms with E-state index in [0.717, 1.165) is 22.5 Å². The number of nitrogens with zero attached hydrogens (tertiary/aromatic N) is 5. The first kappa shape index (κ1) is 14.6. The first-order valence-corrected chi connectivity index (χ1v) is 7.84. The molecule has 0 atom stereocenters. The number of carbonyl (C=O) groups excluding carboxylic acids is 1. The van der Waals surface area contributed by atoms with Crippen LogP contribution in [0.4, 0.5) is 5.13 Å². The van der Waals surface area contributed by atoms with E-state index in [1.165, 1.54) is 11.3 Å². The van der Waals surface area contributed by atoms with Crippen molar-refractivity contribution in [1.29, 1.82) is 0 Å². The average molecular weight is 316 g/mol. The number of aromatic nitrogens is 5. The molecular weight excluding hydrogens is 300 g/mol. The van der Waals surface area contributed by atoms with Crippen molar-refractivity contribution in [1.82, 2.24) is 25.2 Å². The molecule has 1 aromatic carbocycles. The van der Waals surface area contributed by atoms with Crippen molar-refractivity contribution in [3.05, 3.63) is 29.3 Å². The number of nitrogens with one attached hydrogen (secondary N) is 1. The van der Waals surface area contributed by atoms with Crippen LogP contribution in [0, 0.1) is 5.92 Å². The van der Waals surface area contributed by atoms with Crippen LogP contribution in [0.2, 0.25) is 0 Å². The third kappa shape index (κ3) is 3.28. The monoisotopic (exact) mass is 316 g/mol. The van der Waals surface area contributed by atoms with Crippen LogP contribution in [-0.2, 0) is 17.8 Å². The maximum Gasteiger partial charge on any atom is 0.248 e. The summed E-state index contributed by atoms with van der Waals surface area (Å²) in [5.41, 5.74) is 1.60. The number of anilines is 1. The SMILES string of the molecule is CC(C)Cc1nnc(NC(=O)Cn2nnc3ccccc32)s1. The lowest BCUT2D eigenvalue weighted by Gasteiger charge is -2.02. The normalized spacial score (nSPS) is 11.2. The fourth-order valence-corrected chi connectivity index (χ4v) is 3.03. The fraction of sp³-hybridized carbons (Fsp3) is 0.357. The third-order valence-electron chi connectivity index (χ3n) is 3.01. The van der Waals surface area contributed by atoms with Gasteiger partial charge in [0.25, 0.3) is 0 Å². The van der Waals surface area contributed by atoms with Gasteiger partial charge in [0.15, 0.2) is 0 Å². The number of para-hydroxylation sites is 1. The Morgan fingerprint density at radius 3 is 2.91 bits per heavy atom. The zero-order chi connectivity index (χ0) is 15.5. The molecule has 0 aliphatic heterocycles. The summed E-state index contributed by atoms with van der Waals surface area (Å²) in [5.74, 6) is 0.320. The Kier molecular flexibility index (Phi) is 4.10. The second-order valence-corrected chi connectivity index (χ2v) is 6.44. The quantitative estimate of drug-likeness (QED) is 0.779. The van der Waals surface area contributed by atoms with Crippen LogP contribution in [0.5, 0.6) is 0 Å². The number of hydrogen-bond donors (Lipinski definition) is 1. The molecule has 3 aromatic rings. The summed E-state index contributed by atoms with van der Waals surface area (Å²) in [4.78, 5) is 12.1. The van der Waals surface area contributed by atoms with Gasteiger partial charge in [-0.3, -0.25) is 10.1 Å². The van der Waals surface area contributed by atoms with Gasteiger partial charge in [-0.05, 0) is 18.1 Å². The lowest BCUT2D eigenvalue weighted by Crippen LogP contribution is -2.19. The Labute approximate surface area is 131 Å². The van der Waals surface area contributed by atoms with Gasteiger partial charge in [-0.1, -0.05) is 42.5 Å². The molecule has 0 saturated heterocycles. The molecule has 0 spiro atoms. The predicted octanol–water partition coefficient (Wildman–Crippen LogP) is 2.12. The highest BCUT2D eigenvalue weighted by molar-refractivity contribution is 7.15. The Bertz CT molecular complexity index is 793. The lowest BCUT2D eigenvalue weighted by molar-refractivity contribution is -0.116. The molecule has 0 radical (unpaired) electrons. The van der Waals surface area contributed by atoms with E-state index in [1.54, 1.807) is 4.68 Å². The van der Waals surface area contributed by atoms with Gasteiger partial charge in [-0.25, -0.2) is 4.68 Å². The molecule has 1 N–H and O–H groups in total. The molecule has 3 rings (SSSR count). The topological polar surface area (TPSA) is 85.6 Å². The Morgan fingerprint density at radius 2 is 2.09 bits per heavy atom. The van der Waals surface area contributed by atoms with Crippen LogP contribution < -0.4 is 5.32 Å². The van der Waals surface area contributed by atoms with Gasteiger partial charge in [-0.15, -0.1) is 15.3 Å². The molecule has 114 valence electrons. The van der Waals surface area contributed by atoms with Crippen molar-refractivity contribution in [2.75, 3.05) is 5.32 Å². The van der Waals surface area contributed by atoms with Crippen LogP contribution in [0.15, 0.2) is 24.3 Å². The molecule has 8 heteroatoms. The summed E-state index contributed by atoms with van der Waals surface area (Å²) in [6.45, 7) is 4.34.